The van der Waals surface area contributed by atoms with Crippen LogP contribution in [0.5, 0.6) is 0 Å². The Morgan fingerprint density at radius 3 is 2.35 bits per heavy atom. The van der Waals surface area contributed by atoms with Crippen LogP contribution in [0.1, 0.15) is 21.5 Å². The monoisotopic (exact) mass is 289 g/mol. The van der Waals surface area contributed by atoms with E-state index in [1.165, 1.54) is 7.11 Å². The van der Waals surface area contributed by atoms with Crippen molar-refractivity contribution in [2.24, 2.45) is 0 Å². The Hall–Kier alpha value is -1.84. The molecular weight excluding hydrogens is 274 g/mol. The quantitative estimate of drug-likeness (QED) is 0.857. The molecule has 0 fully saturated rings. The fraction of sp³-hybridized carbons (Fsp3) is 0.188. The molecule has 0 saturated carbocycles. The molecule has 1 N–H and O–H groups in total. The van der Waals surface area contributed by atoms with E-state index in [4.69, 9.17) is 16.3 Å². The van der Waals surface area contributed by atoms with E-state index >= 15 is 0 Å². The van der Waals surface area contributed by atoms with E-state index in [1.54, 1.807) is 6.07 Å². The van der Waals surface area contributed by atoms with Gasteiger partial charge < -0.3 is 10.1 Å². The van der Waals surface area contributed by atoms with Gasteiger partial charge in [-0.3, -0.25) is 0 Å². The summed E-state index contributed by atoms with van der Waals surface area (Å²) < 4.78 is 4.77. The van der Waals surface area contributed by atoms with Crippen molar-refractivity contribution in [2.75, 3.05) is 7.11 Å². The van der Waals surface area contributed by atoms with Gasteiger partial charge in [0.15, 0.2) is 0 Å². The van der Waals surface area contributed by atoms with Gasteiger partial charge in [0.1, 0.15) is 0 Å². The average Bonchev–Trinajstić information content (AvgIpc) is 2.49. The fourth-order valence-corrected chi connectivity index (χ4v) is 2.16. The molecular formula is C16H16ClNO2. The van der Waals surface area contributed by atoms with Crippen LogP contribution in [0, 0.1) is 0 Å². The molecule has 20 heavy (non-hydrogen) atoms. The molecule has 0 amide bonds. The van der Waals surface area contributed by atoms with Crippen LogP contribution in [-0.2, 0) is 17.8 Å². The van der Waals surface area contributed by atoms with E-state index in [1.807, 2.05) is 42.5 Å². The van der Waals surface area contributed by atoms with Crippen molar-refractivity contribution in [3.8, 4) is 0 Å². The van der Waals surface area contributed by atoms with Gasteiger partial charge in [0.05, 0.1) is 12.7 Å². The Labute approximate surface area is 123 Å². The van der Waals surface area contributed by atoms with Crippen molar-refractivity contribution in [3.05, 3.63) is 70.2 Å². The third-order valence-corrected chi connectivity index (χ3v) is 3.38. The van der Waals surface area contributed by atoms with Crippen molar-refractivity contribution >= 4 is 17.6 Å². The van der Waals surface area contributed by atoms with Crippen LogP contribution in [-0.4, -0.2) is 13.1 Å². The highest BCUT2D eigenvalue weighted by Gasteiger charge is 2.10. The van der Waals surface area contributed by atoms with Gasteiger partial charge in [-0.05, 0) is 23.3 Å². The number of esters is 1. The van der Waals surface area contributed by atoms with Crippen LogP contribution < -0.4 is 5.32 Å². The molecule has 104 valence electrons. The minimum Gasteiger partial charge on any atom is -0.465 e. The smallest absolute Gasteiger partial charge is 0.338 e. The molecule has 0 aliphatic carbocycles. The second-order valence-electron chi connectivity index (χ2n) is 4.34. The minimum atomic E-state index is -0.319. The molecule has 0 atom stereocenters. The molecule has 0 aromatic heterocycles. The largest absolute Gasteiger partial charge is 0.465 e. The lowest BCUT2D eigenvalue weighted by molar-refractivity contribution is 0.0599. The number of carbonyl (C=O) groups is 1. The number of nitrogens with one attached hydrogen (secondary N) is 1. The van der Waals surface area contributed by atoms with Crippen molar-refractivity contribution < 1.29 is 9.53 Å². The van der Waals surface area contributed by atoms with Gasteiger partial charge in [0, 0.05) is 18.1 Å². The predicted octanol–water partition coefficient (Wildman–Crippen LogP) is 3.42. The number of methoxy groups -OCH3 is 1. The maximum atomic E-state index is 11.7. The van der Waals surface area contributed by atoms with Crippen LogP contribution in [0.15, 0.2) is 48.5 Å². The van der Waals surface area contributed by atoms with Gasteiger partial charge in [-0.25, -0.2) is 4.79 Å². The molecule has 0 heterocycles. The SMILES string of the molecule is COC(=O)c1ccccc1CNCc1ccccc1Cl. The Morgan fingerprint density at radius 2 is 1.65 bits per heavy atom. The van der Waals surface area contributed by atoms with Gasteiger partial charge in [0.25, 0.3) is 0 Å². The Kier molecular flexibility index (Phi) is 5.16. The molecule has 0 saturated heterocycles. The van der Waals surface area contributed by atoms with Crippen molar-refractivity contribution in [2.45, 2.75) is 13.1 Å². The zero-order chi connectivity index (χ0) is 14.4. The number of halogens is 1. The molecule has 2 aromatic rings. The first-order chi connectivity index (χ1) is 9.72. The Morgan fingerprint density at radius 1 is 1.05 bits per heavy atom. The number of benzene rings is 2. The van der Waals surface area contributed by atoms with Gasteiger partial charge in [-0.15, -0.1) is 0 Å². The topological polar surface area (TPSA) is 38.3 Å². The maximum absolute atomic E-state index is 11.7. The number of hydrogen-bond acceptors (Lipinski definition) is 3. The minimum absolute atomic E-state index is 0.319. The molecule has 2 aromatic carbocycles. The van der Waals surface area contributed by atoms with E-state index in [2.05, 4.69) is 5.32 Å². The molecule has 2 rings (SSSR count). The van der Waals surface area contributed by atoms with Crippen molar-refractivity contribution in [1.29, 1.82) is 0 Å². The maximum Gasteiger partial charge on any atom is 0.338 e. The van der Waals surface area contributed by atoms with Crippen LogP contribution in [0.25, 0.3) is 0 Å². The lowest BCUT2D eigenvalue weighted by Crippen LogP contribution is -2.16. The molecule has 4 heteroatoms. The number of rotatable bonds is 5. The van der Waals surface area contributed by atoms with Crippen molar-refractivity contribution in [1.82, 2.24) is 5.32 Å². The van der Waals surface area contributed by atoms with Crippen LogP contribution in [0.4, 0.5) is 0 Å². The zero-order valence-corrected chi connectivity index (χ0v) is 12.0. The third-order valence-electron chi connectivity index (χ3n) is 3.01. The first-order valence-corrected chi connectivity index (χ1v) is 6.70. The van der Waals surface area contributed by atoms with E-state index in [9.17, 15) is 4.79 Å². The number of carbonyl (C=O) groups excluding carboxylic acids is 1. The van der Waals surface area contributed by atoms with Crippen LogP contribution in [0.2, 0.25) is 5.02 Å². The van der Waals surface area contributed by atoms with Gasteiger partial charge in [0.2, 0.25) is 0 Å². The zero-order valence-electron chi connectivity index (χ0n) is 11.2. The number of ether oxygens (including phenoxy) is 1. The highest BCUT2D eigenvalue weighted by atomic mass is 35.5. The summed E-state index contributed by atoms with van der Waals surface area (Å²) in [6, 6.07) is 15.1. The molecule has 0 radical (unpaired) electrons. The lowest BCUT2D eigenvalue weighted by atomic mass is 10.1. The second-order valence-corrected chi connectivity index (χ2v) is 4.75. The number of hydrogen-bond donors (Lipinski definition) is 1. The van der Waals surface area contributed by atoms with Crippen molar-refractivity contribution in [3.63, 3.8) is 0 Å². The summed E-state index contributed by atoms with van der Waals surface area (Å²) in [4.78, 5) is 11.7. The van der Waals surface area contributed by atoms with E-state index in [0.717, 1.165) is 16.1 Å². The van der Waals surface area contributed by atoms with Gasteiger partial charge in [-0.2, -0.15) is 0 Å². The summed E-state index contributed by atoms with van der Waals surface area (Å²) in [5.74, 6) is -0.319. The Balaban J connectivity index is 2.01. The molecule has 3 nitrogen and oxygen atoms in total. The molecule has 0 aliphatic rings. The molecule has 0 unspecified atom stereocenters. The summed E-state index contributed by atoms with van der Waals surface area (Å²) in [7, 11) is 1.39. The molecule has 0 spiro atoms. The average molecular weight is 290 g/mol. The predicted molar refractivity (Wildman–Crippen MR) is 79.8 cm³/mol. The summed E-state index contributed by atoms with van der Waals surface area (Å²) in [5, 5.41) is 4.02. The summed E-state index contributed by atoms with van der Waals surface area (Å²) >= 11 is 6.10. The summed E-state index contributed by atoms with van der Waals surface area (Å²) in [6.45, 7) is 1.23. The Bertz CT molecular complexity index is 599. The standard InChI is InChI=1S/C16H16ClNO2/c1-20-16(19)14-8-4-2-6-12(14)10-18-11-13-7-3-5-9-15(13)17/h2-9,18H,10-11H2,1H3. The van der Waals surface area contributed by atoms with Crippen LogP contribution >= 0.6 is 11.6 Å². The molecule has 0 aliphatic heterocycles. The van der Waals surface area contributed by atoms with Crippen LogP contribution in [0.3, 0.4) is 0 Å². The molecule has 0 bridgehead atoms. The van der Waals surface area contributed by atoms with Gasteiger partial charge in [-0.1, -0.05) is 48.0 Å². The van der Waals surface area contributed by atoms with E-state index in [0.29, 0.717) is 18.7 Å². The highest BCUT2D eigenvalue weighted by Crippen LogP contribution is 2.15. The lowest BCUT2D eigenvalue weighted by Gasteiger charge is -2.10. The van der Waals surface area contributed by atoms with Gasteiger partial charge >= 0.3 is 5.97 Å². The third kappa shape index (κ3) is 3.59. The first-order valence-electron chi connectivity index (χ1n) is 6.32. The second kappa shape index (κ2) is 7.08. The van der Waals surface area contributed by atoms with E-state index < -0.39 is 0 Å². The fourth-order valence-electron chi connectivity index (χ4n) is 1.96. The highest BCUT2D eigenvalue weighted by molar-refractivity contribution is 6.31. The first kappa shape index (κ1) is 14.6. The summed E-state index contributed by atoms with van der Waals surface area (Å²) in [6.07, 6.45) is 0. The normalized spacial score (nSPS) is 10.3. The summed E-state index contributed by atoms with van der Waals surface area (Å²) in [5.41, 5.74) is 2.53. The van der Waals surface area contributed by atoms with E-state index in [-0.39, 0.29) is 5.97 Å².